The van der Waals surface area contributed by atoms with E-state index in [0.29, 0.717) is 23.9 Å². The third kappa shape index (κ3) is 5.51. The van der Waals surface area contributed by atoms with Gasteiger partial charge in [0.1, 0.15) is 9.84 Å². The van der Waals surface area contributed by atoms with Crippen molar-refractivity contribution in [2.24, 2.45) is 0 Å². The molecule has 0 amide bonds. The highest BCUT2D eigenvalue weighted by atomic mass is 32.2. The topological polar surface area (TPSA) is 73.1 Å². The Balaban J connectivity index is 1.90. The molecule has 0 fully saturated rings. The van der Waals surface area contributed by atoms with E-state index in [1.165, 1.54) is 18.0 Å². The first-order valence-corrected chi connectivity index (χ1v) is 9.71. The summed E-state index contributed by atoms with van der Waals surface area (Å²) in [6, 6.07) is 9.94. The molecule has 1 aromatic heterocycles. The van der Waals surface area contributed by atoms with E-state index in [4.69, 9.17) is 4.52 Å². The predicted octanol–water partition coefficient (Wildman–Crippen LogP) is 2.50. The molecule has 1 atom stereocenters. The van der Waals surface area contributed by atoms with Gasteiger partial charge in [0.25, 0.3) is 0 Å². The molecule has 2 rings (SSSR count). The minimum Gasteiger partial charge on any atom is -0.338 e. The molecule has 7 heteroatoms. The van der Waals surface area contributed by atoms with Crippen LogP contribution in [0.15, 0.2) is 34.9 Å². The van der Waals surface area contributed by atoms with Crippen molar-refractivity contribution in [2.75, 3.05) is 17.8 Å². The normalized spacial score (nSPS) is 13.2. The summed E-state index contributed by atoms with van der Waals surface area (Å²) in [6.07, 6.45) is 1.87. The van der Waals surface area contributed by atoms with Gasteiger partial charge in [-0.1, -0.05) is 35.5 Å². The van der Waals surface area contributed by atoms with Gasteiger partial charge in [-0.2, -0.15) is 4.98 Å². The summed E-state index contributed by atoms with van der Waals surface area (Å²) in [5, 5.41) is 3.96. The molecule has 0 aliphatic heterocycles. The zero-order valence-electron chi connectivity index (χ0n) is 12.0. The highest BCUT2D eigenvalue weighted by Crippen LogP contribution is 2.26. The largest absolute Gasteiger partial charge is 0.338 e. The summed E-state index contributed by atoms with van der Waals surface area (Å²) in [4.78, 5) is 4.37. The fourth-order valence-electron chi connectivity index (χ4n) is 1.73. The summed E-state index contributed by atoms with van der Waals surface area (Å²) in [5.74, 6) is 1.87. The lowest BCUT2D eigenvalue weighted by Gasteiger charge is -2.04. The van der Waals surface area contributed by atoms with Crippen LogP contribution in [0.4, 0.5) is 0 Å². The second-order valence-electron chi connectivity index (χ2n) is 4.85. The van der Waals surface area contributed by atoms with Crippen molar-refractivity contribution in [3.63, 3.8) is 0 Å². The molecule has 0 spiro atoms. The number of hydrogen-bond acceptors (Lipinski definition) is 6. The Morgan fingerprint density at radius 1 is 1.29 bits per heavy atom. The fourth-order valence-corrected chi connectivity index (χ4v) is 3.92. The SMILES string of the molecule is CC(SCCS(C)(=O)=O)c1nc(Cc2ccccc2)no1. The number of benzene rings is 1. The van der Waals surface area contributed by atoms with Crippen LogP contribution in [0.25, 0.3) is 0 Å². The van der Waals surface area contributed by atoms with Crippen LogP contribution in [-0.2, 0) is 16.3 Å². The summed E-state index contributed by atoms with van der Waals surface area (Å²) >= 11 is 1.50. The average Bonchev–Trinajstić information content (AvgIpc) is 2.87. The quantitative estimate of drug-likeness (QED) is 0.778. The summed E-state index contributed by atoms with van der Waals surface area (Å²) in [5.41, 5.74) is 1.13. The van der Waals surface area contributed by atoms with Crippen molar-refractivity contribution in [2.45, 2.75) is 18.6 Å². The molecule has 0 bridgehead atoms. The molecule has 0 saturated carbocycles. The first-order chi connectivity index (χ1) is 9.94. The Kier molecular flexibility index (Phi) is 5.41. The van der Waals surface area contributed by atoms with E-state index < -0.39 is 9.84 Å². The Labute approximate surface area is 129 Å². The number of aromatic nitrogens is 2. The first-order valence-electron chi connectivity index (χ1n) is 6.60. The van der Waals surface area contributed by atoms with Crippen molar-refractivity contribution in [3.8, 4) is 0 Å². The maximum atomic E-state index is 11.1. The van der Waals surface area contributed by atoms with Crippen LogP contribution >= 0.6 is 11.8 Å². The maximum absolute atomic E-state index is 11.1. The van der Waals surface area contributed by atoms with Gasteiger partial charge in [0.05, 0.1) is 11.0 Å². The Morgan fingerprint density at radius 2 is 2.00 bits per heavy atom. The van der Waals surface area contributed by atoms with Gasteiger partial charge >= 0.3 is 0 Å². The van der Waals surface area contributed by atoms with Crippen molar-refractivity contribution in [1.82, 2.24) is 10.1 Å². The van der Waals surface area contributed by atoms with E-state index in [1.54, 1.807) is 0 Å². The third-order valence-corrected chi connectivity index (χ3v) is 5.20. The van der Waals surface area contributed by atoms with E-state index in [9.17, 15) is 8.42 Å². The average molecular weight is 326 g/mol. The lowest BCUT2D eigenvalue weighted by Crippen LogP contribution is -2.06. The lowest BCUT2D eigenvalue weighted by molar-refractivity contribution is 0.375. The second-order valence-corrected chi connectivity index (χ2v) is 8.56. The van der Waals surface area contributed by atoms with E-state index in [-0.39, 0.29) is 11.0 Å². The molecule has 0 N–H and O–H groups in total. The minimum atomic E-state index is -2.92. The number of rotatable bonds is 7. The number of thioether (sulfide) groups is 1. The van der Waals surface area contributed by atoms with Crippen LogP contribution in [0.3, 0.4) is 0 Å². The molecule has 1 aromatic carbocycles. The van der Waals surface area contributed by atoms with Gasteiger partial charge in [0, 0.05) is 18.4 Å². The molecule has 0 radical (unpaired) electrons. The highest BCUT2D eigenvalue weighted by molar-refractivity contribution is 8.00. The van der Waals surface area contributed by atoms with Crippen molar-refractivity contribution < 1.29 is 12.9 Å². The van der Waals surface area contributed by atoms with Gasteiger partial charge in [-0.3, -0.25) is 0 Å². The molecular formula is C14H18N2O3S2. The molecule has 21 heavy (non-hydrogen) atoms. The van der Waals surface area contributed by atoms with E-state index in [0.717, 1.165) is 5.56 Å². The zero-order chi connectivity index (χ0) is 15.3. The van der Waals surface area contributed by atoms with Crippen LogP contribution < -0.4 is 0 Å². The van der Waals surface area contributed by atoms with Crippen LogP contribution in [-0.4, -0.2) is 36.3 Å². The van der Waals surface area contributed by atoms with Crippen molar-refractivity contribution >= 4 is 21.6 Å². The minimum absolute atomic E-state index is 0.0104. The first kappa shape index (κ1) is 16.0. The Bertz CT molecular complexity index is 669. The molecule has 0 aliphatic rings. The standard InChI is InChI=1S/C14H18N2O3S2/c1-11(20-8-9-21(2,17)18)14-15-13(16-19-14)10-12-6-4-3-5-7-12/h3-7,11H,8-10H2,1-2H3. The van der Waals surface area contributed by atoms with Crippen LogP contribution in [0.1, 0.15) is 29.5 Å². The number of nitrogens with zero attached hydrogens (tertiary/aromatic N) is 2. The van der Waals surface area contributed by atoms with E-state index in [1.807, 2.05) is 37.3 Å². The third-order valence-electron chi connectivity index (χ3n) is 2.86. The van der Waals surface area contributed by atoms with E-state index >= 15 is 0 Å². The second kappa shape index (κ2) is 7.09. The smallest absolute Gasteiger partial charge is 0.239 e. The van der Waals surface area contributed by atoms with Crippen LogP contribution in [0.2, 0.25) is 0 Å². The molecule has 114 valence electrons. The number of sulfone groups is 1. The van der Waals surface area contributed by atoms with Gasteiger partial charge in [-0.15, -0.1) is 11.8 Å². The van der Waals surface area contributed by atoms with Gasteiger partial charge in [-0.05, 0) is 12.5 Å². The number of hydrogen-bond donors (Lipinski definition) is 0. The summed E-state index contributed by atoms with van der Waals surface area (Å²) in [6.45, 7) is 1.94. The van der Waals surface area contributed by atoms with Gasteiger partial charge < -0.3 is 4.52 Å². The van der Waals surface area contributed by atoms with Crippen molar-refractivity contribution in [3.05, 3.63) is 47.6 Å². The molecular weight excluding hydrogens is 308 g/mol. The molecule has 2 aromatic rings. The van der Waals surface area contributed by atoms with Gasteiger partial charge in [0.2, 0.25) is 5.89 Å². The summed E-state index contributed by atoms with van der Waals surface area (Å²) < 4.78 is 27.4. The maximum Gasteiger partial charge on any atom is 0.239 e. The molecule has 1 heterocycles. The Hall–Kier alpha value is -1.34. The molecule has 5 nitrogen and oxygen atoms in total. The zero-order valence-corrected chi connectivity index (χ0v) is 13.7. The van der Waals surface area contributed by atoms with Crippen LogP contribution in [0.5, 0.6) is 0 Å². The monoisotopic (exact) mass is 326 g/mol. The molecule has 1 unspecified atom stereocenters. The molecule has 0 aliphatic carbocycles. The predicted molar refractivity (Wildman–Crippen MR) is 84.1 cm³/mol. The van der Waals surface area contributed by atoms with Crippen LogP contribution in [0, 0.1) is 0 Å². The Morgan fingerprint density at radius 3 is 2.67 bits per heavy atom. The lowest BCUT2D eigenvalue weighted by atomic mass is 10.1. The summed E-state index contributed by atoms with van der Waals surface area (Å²) in [7, 11) is -2.92. The van der Waals surface area contributed by atoms with E-state index in [2.05, 4.69) is 10.1 Å². The highest BCUT2D eigenvalue weighted by Gasteiger charge is 2.15. The van der Waals surface area contributed by atoms with Crippen molar-refractivity contribution in [1.29, 1.82) is 0 Å². The fraction of sp³-hybridized carbons (Fsp3) is 0.429. The van der Waals surface area contributed by atoms with Gasteiger partial charge in [0.15, 0.2) is 5.82 Å². The van der Waals surface area contributed by atoms with Gasteiger partial charge in [-0.25, -0.2) is 8.42 Å². The molecule has 0 saturated heterocycles.